The number of thiazole rings is 1. The Morgan fingerprint density at radius 1 is 1.42 bits per heavy atom. The van der Waals surface area contributed by atoms with E-state index < -0.39 is 0 Å². The first-order valence-electron chi connectivity index (χ1n) is 8.76. The Bertz CT molecular complexity index is 553. The Balaban J connectivity index is 1.96. The van der Waals surface area contributed by atoms with E-state index in [9.17, 15) is 9.59 Å². The van der Waals surface area contributed by atoms with Crippen LogP contribution in [0, 0.1) is 5.92 Å². The van der Waals surface area contributed by atoms with E-state index in [4.69, 9.17) is 0 Å². The lowest BCUT2D eigenvalue weighted by Gasteiger charge is -2.34. The number of nitrogens with zero attached hydrogens (tertiary/aromatic N) is 2. The Morgan fingerprint density at radius 3 is 2.75 bits per heavy atom. The van der Waals surface area contributed by atoms with Crippen LogP contribution in [0.3, 0.4) is 0 Å². The van der Waals surface area contributed by atoms with Gasteiger partial charge in [0, 0.05) is 23.9 Å². The van der Waals surface area contributed by atoms with Crippen molar-refractivity contribution in [2.45, 2.75) is 52.5 Å². The predicted molar refractivity (Wildman–Crippen MR) is 97.2 cm³/mol. The highest BCUT2D eigenvalue weighted by Gasteiger charge is 2.25. The van der Waals surface area contributed by atoms with Crippen molar-refractivity contribution < 1.29 is 9.59 Å². The molecule has 2 rings (SSSR count). The van der Waals surface area contributed by atoms with E-state index in [1.165, 1.54) is 11.3 Å². The maximum absolute atomic E-state index is 12.7. The van der Waals surface area contributed by atoms with E-state index >= 15 is 0 Å². The van der Waals surface area contributed by atoms with E-state index in [1.54, 1.807) is 0 Å². The van der Waals surface area contributed by atoms with Gasteiger partial charge in [0.15, 0.2) is 5.13 Å². The standard InChI is InChI=1S/C17H28N4O2S/c1-4-9-21(14-5-7-18-8-6-14)15(22)10-13-11-24-17(19-13)20-16(23)12(2)3/h11-12,14,18H,4-10H2,1-3H3,(H,19,20,23). The van der Waals surface area contributed by atoms with E-state index in [-0.39, 0.29) is 17.7 Å². The molecule has 7 heteroatoms. The number of carbonyl (C=O) groups excluding carboxylic acids is 2. The van der Waals surface area contributed by atoms with Gasteiger partial charge in [0.05, 0.1) is 12.1 Å². The first-order chi connectivity index (χ1) is 11.5. The van der Waals surface area contributed by atoms with Gasteiger partial charge in [0.25, 0.3) is 0 Å². The molecule has 2 N–H and O–H groups in total. The molecule has 2 amide bonds. The number of hydrogen-bond acceptors (Lipinski definition) is 5. The molecule has 0 aromatic carbocycles. The SMILES string of the molecule is CCCN(C(=O)Cc1csc(NC(=O)C(C)C)n1)C1CCNCC1. The lowest BCUT2D eigenvalue weighted by Crippen LogP contribution is -2.47. The van der Waals surface area contributed by atoms with Crippen molar-refractivity contribution in [1.82, 2.24) is 15.2 Å². The summed E-state index contributed by atoms with van der Waals surface area (Å²) in [6.45, 7) is 8.53. The molecule has 1 aromatic heterocycles. The van der Waals surface area contributed by atoms with Crippen molar-refractivity contribution in [3.63, 3.8) is 0 Å². The number of anilines is 1. The van der Waals surface area contributed by atoms with Crippen LogP contribution in [0.2, 0.25) is 0 Å². The topological polar surface area (TPSA) is 74.3 Å². The Hall–Kier alpha value is -1.47. The molecule has 0 atom stereocenters. The maximum Gasteiger partial charge on any atom is 0.228 e. The zero-order chi connectivity index (χ0) is 17.5. The Labute approximate surface area is 148 Å². The summed E-state index contributed by atoms with van der Waals surface area (Å²) >= 11 is 1.37. The van der Waals surface area contributed by atoms with Crippen molar-refractivity contribution in [2.75, 3.05) is 25.0 Å². The van der Waals surface area contributed by atoms with Crippen LogP contribution in [0.4, 0.5) is 5.13 Å². The normalized spacial score (nSPS) is 15.5. The molecule has 0 spiro atoms. The van der Waals surface area contributed by atoms with Crippen molar-refractivity contribution in [3.8, 4) is 0 Å². The third-order valence-electron chi connectivity index (χ3n) is 4.17. The molecule has 1 saturated heterocycles. The molecule has 134 valence electrons. The fraction of sp³-hybridized carbons (Fsp3) is 0.706. The second-order valence-electron chi connectivity index (χ2n) is 6.53. The molecular weight excluding hydrogens is 324 g/mol. The average Bonchev–Trinajstić information content (AvgIpc) is 3.00. The van der Waals surface area contributed by atoms with E-state index in [2.05, 4.69) is 22.5 Å². The lowest BCUT2D eigenvalue weighted by atomic mass is 10.0. The largest absolute Gasteiger partial charge is 0.339 e. The van der Waals surface area contributed by atoms with Crippen LogP contribution >= 0.6 is 11.3 Å². The smallest absolute Gasteiger partial charge is 0.228 e. The summed E-state index contributed by atoms with van der Waals surface area (Å²) in [5.41, 5.74) is 0.735. The fourth-order valence-electron chi connectivity index (χ4n) is 2.82. The zero-order valence-electron chi connectivity index (χ0n) is 14.8. The number of rotatable bonds is 7. The highest BCUT2D eigenvalue weighted by atomic mass is 32.1. The maximum atomic E-state index is 12.7. The van der Waals surface area contributed by atoms with Crippen molar-refractivity contribution in [2.24, 2.45) is 5.92 Å². The predicted octanol–water partition coefficient (Wildman–Crippen LogP) is 2.27. The van der Waals surface area contributed by atoms with E-state index in [0.717, 1.165) is 44.6 Å². The number of hydrogen-bond donors (Lipinski definition) is 2. The van der Waals surface area contributed by atoms with Crippen LogP contribution in [0.5, 0.6) is 0 Å². The van der Waals surface area contributed by atoms with Gasteiger partial charge >= 0.3 is 0 Å². The number of amides is 2. The highest BCUT2D eigenvalue weighted by Crippen LogP contribution is 2.19. The molecule has 0 saturated carbocycles. The zero-order valence-corrected chi connectivity index (χ0v) is 15.6. The first-order valence-corrected chi connectivity index (χ1v) is 9.64. The van der Waals surface area contributed by atoms with E-state index in [1.807, 2.05) is 24.1 Å². The van der Waals surface area contributed by atoms with Gasteiger partial charge < -0.3 is 15.5 Å². The van der Waals surface area contributed by atoms with Crippen LogP contribution in [-0.4, -0.2) is 47.4 Å². The van der Waals surface area contributed by atoms with E-state index in [0.29, 0.717) is 17.6 Å². The molecule has 0 unspecified atom stereocenters. The molecule has 0 radical (unpaired) electrons. The van der Waals surface area contributed by atoms with Gasteiger partial charge in [-0.1, -0.05) is 20.8 Å². The number of carbonyl (C=O) groups is 2. The van der Waals surface area contributed by atoms with Crippen molar-refractivity contribution in [3.05, 3.63) is 11.1 Å². The van der Waals surface area contributed by atoms with Gasteiger partial charge in [-0.2, -0.15) is 0 Å². The second-order valence-corrected chi connectivity index (χ2v) is 7.39. The van der Waals surface area contributed by atoms with Gasteiger partial charge in [-0.15, -0.1) is 11.3 Å². The average molecular weight is 353 g/mol. The second kappa shape index (κ2) is 9.13. The van der Waals surface area contributed by atoms with Gasteiger partial charge in [-0.25, -0.2) is 4.98 Å². The summed E-state index contributed by atoms with van der Waals surface area (Å²) in [6, 6.07) is 0.331. The fourth-order valence-corrected chi connectivity index (χ4v) is 3.54. The van der Waals surface area contributed by atoms with Gasteiger partial charge in [0.2, 0.25) is 11.8 Å². The highest BCUT2D eigenvalue weighted by molar-refractivity contribution is 7.13. The molecule has 6 nitrogen and oxygen atoms in total. The molecule has 1 aliphatic heterocycles. The third kappa shape index (κ3) is 5.27. The Kier molecular flexibility index (Phi) is 7.17. The molecule has 2 heterocycles. The first kappa shape index (κ1) is 18.9. The minimum Gasteiger partial charge on any atom is -0.339 e. The summed E-state index contributed by atoms with van der Waals surface area (Å²) in [5.74, 6) is -0.000679. The summed E-state index contributed by atoms with van der Waals surface area (Å²) < 4.78 is 0. The summed E-state index contributed by atoms with van der Waals surface area (Å²) in [5, 5.41) is 8.56. The lowest BCUT2D eigenvalue weighted by molar-refractivity contribution is -0.133. The van der Waals surface area contributed by atoms with Crippen LogP contribution < -0.4 is 10.6 Å². The molecule has 24 heavy (non-hydrogen) atoms. The molecule has 0 bridgehead atoms. The van der Waals surface area contributed by atoms with Crippen LogP contribution in [0.1, 0.15) is 45.7 Å². The summed E-state index contributed by atoms with van der Waals surface area (Å²) in [6.07, 6.45) is 3.29. The van der Waals surface area contributed by atoms with Crippen molar-refractivity contribution in [1.29, 1.82) is 0 Å². The monoisotopic (exact) mass is 352 g/mol. The molecule has 1 aliphatic rings. The van der Waals surface area contributed by atoms with Crippen LogP contribution in [0.25, 0.3) is 0 Å². The number of aromatic nitrogens is 1. The molecular formula is C17H28N4O2S. The third-order valence-corrected chi connectivity index (χ3v) is 4.98. The molecule has 1 fully saturated rings. The van der Waals surface area contributed by atoms with Crippen molar-refractivity contribution >= 4 is 28.3 Å². The molecule has 1 aromatic rings. The Morgan fingerprint density at radius 2 is 2.12 bits per heavy atom. The van der Waals surface area contributed by atoms with Crippen LogP contribution in [-0.2, 0) is 16.0 Å². The van der Waals surface area contributed by atoms with Gasteiger partial charge in [0.1, 0.15) is 0 Å². The molecule has 0 aliphatic carbocycles. The number of nitrogens with one attached hydrogen (secondary N) is 2. The quantitative estimate of drug-likeness (QED) is 0.789. The van der Waals surface area contributed by atoms with Crippen LogP contribution in [0.15, 0.2) is 5.38 Å². The number of piperidine rings is 1. The minimum absolute atomic E-state index is 0.0514. The summed E-state index contributed by atoms with van der Waals surface area (Å²) in [7, 11) is 0. The van der Waals surface area contributed by atoms with Gasteiger partial charge in [-0.3, -0.25) is 9.59 Å². The van der Waals surface area contributed by atoms with Gasteiger partial charge in [-0.05, 0) is 32.4 Å². The summed E-state index contributed by atoms with van der Waals surface area (Å²) in [4.78, 5) is 30.8. The minimum atomic E-state index is -0.0843.